The number of rotatable bonds is 3. The van der Waals surface area contributed by atoms with Crippen molar-refractivity contribution >= 4 is 17.6 Å². The Morgan fingerprint density at radius 2 is 2.23 bits per heavy atom. The molecule has 0 aromatic heterocycles. The first-order valence-electron chi connectivity index (χ1n) is 4.65. The molecule has 0 amide bonds. The maximum Gasteiger partial charge on any atom is 0.339 e. The highest BCUT2D eigenvalue weighted by atomic mass is 35.5. The van der Waals surface area contributed by atoms with Crippen LogP contribution in [-0.4, -0.2) is 12.1 Å². The van der Waals surface area contributed by atoms with Gasteiger partial charge in [0.2, 0.25) is 0 Å². The van der Waals surface area contributed by atoms with Crippen LogP contribution in [0, 0.1) is 5.92 Å². The Bertz CT molecular complexity index is 243. The molecule has 1 atom stereocenters. The second-order valence-corrected chi connectivity index (χ2v) is 4.15. The Hall–Kier alpha value is -0.500. The summed E-state index contributed by atoms with van der Waals surface area (Å²) in [6.45, 7) is 6.14. The molecular weight excluding hydrogens is 188 g/mol. The van der Waals surface area contributed by atoms with Crippen molar-refractivity contribution in [2.75, 3.05) is 0 Å². The minimum atomic E-state index is -0.238. The average Bonchev–Trinajstić information content (AvgIpc) is 2.02. The Kier molecular flexibility index (Phi) is 3.37. The van der Waals surface area contributed by atoms with E-state index in [0.717, 1.165) is 6.42 Å². The van der Waals surface area contributed by atoms with E-state index in [0.29, 0.717) is 22.9 Å². The number of halogens is 1. The highest BCUT2D eigenvalue weighted by Gasteiger charge is 2.38. The first-order chi connectivity index (χ1) is 6.06. The molecule has 0 spiro atoms. The van der Waals surface area contributed by atoms with Crippen molar-refractivity contribution in [3.8, 4) is 0 Å². The van der Waals surface area contributed by atoms with E-state index in [9.17, 15) is 4.79 Å². The van der Waals surface area contributed by atoms with Crippen LogP contribution in [0.1, 0.15) is 33.6 Å². The number of cyclic esters (lactones) is 1. The third-order valence-corrected chi connectivity index (χ3v) is 2.55. The van der Waals surface area contributed by atoms with E-state index in [1.54, 1.807) is 0 Å². The zero-order valence-corrected chi connectivity index (χ0v) is 9.02. The molecule has 0 aromatic rings. The van der Waals surface area contributed by atoms with E-state index in [1.165, 1.54) is 0 Å². The Morgan fingerprint density at radius 1 is 1.62 bits per heavy atom. The molecule has 1 saturated heterocycles. The molecule has 13 heavy (non-hydrogen) atoms. The van der Waals surface area contributed by atoms with Crippen LogP contribution in [0.15, 0.2) is 10.6 Å². The van der Waals surface area contributed by atoms with Gasteiger partial charge in [-0.3, -0.25) is 0 Å². The molecule has 1 heterocycles. The average molecular weight is 203 g/mol. The van der Waals surface area contributed by atoms with Gasteiger partial charge < -0.3 is 4.74 Å². The summed E-state index contributed by atoms with van der Waals surface area (Å²) < 4.78 is 5.00. The third-order valence-electron chi connectivity index (χ3n) is 2.08. The molecule has 1 aliphatic heterocycles. The highest BCUT2D eigenvalue weighted by Crippen LogP contribution is 2.32. The summed E-state index contributed by atoms with van der Waals surface area (Å²) in [7, 11) is 0. The van der Waals surface area contributed by atoms with E-state index in [2.05, 4.69) is 13.8 Å². The van der Waals surface area contributed by atoms with Crippen molar-refractivity contribution in [3.63, 3.8) is 0 Å². The number of allylic oxidation sites excluding steroid dienone is 1. The minimum absolute atomic E-state index is 0.0556. The molecule has 0 saturated carbocycles. The number of esters is 1. The van der Waals surface area contributed by atoms with Gasteiger partial charge in [-0.05, 0) is 18.8 Å². The van der Waals surface area contributed by atoms with Crippen LogP contribution in [-0.2, 0) is 9.53 Å². The van der Waals surface area contributed by atoms with E-state index in [4.69, 9.17) is 16.3 Å². The standard InChI is InChI=1S/C10H15ClO2/c1-4-7(11)9-8(5-6(2)3)13-10(9)12/h6,8H,4-5H2,1-3H3/b9-7-. The van der Waals surface area contributed by atoms with Crippen molar-refractivity contribution < 1.29 is 9.53 Å². The molecule has 1 fully saturated rings. The molecule has 74 valence electrons. The first kappa shape index (κ1) is 10.6. The second kappa shape index (κ2) is 4.14. The van der Waals surface area contributed by atoms with Crippen molar-refractivity contribution in [2.45, 2.75) is 39.7 Å². The molecule has 3 heteroatoms. The van der Waals surface area contributed by atoms with Gasteiger partial charge in [0.1, 0.15) is 6.10 Å². The smallest absolute Gasteiger partial charge is 0.339 e. The third kappa shape index (κ3) is 2.25. The van der Waals surface area contributed by atoms with Gasteiger partial charge in [0.05, 0.1) is 5.57 Å². The zero-order chi connectivity index (χ0) is 10.0. The molecule has 0 aromatic carbocycles. The lowest BCUT2D eigenvalue weighted by atomic mass is 9.94. The van der Waals surface area contributed by atoms with Gasteiger partial charge in [-0.2, -0.15) is 0 Å². The first-order valence-corrected chi connectivity index (χ1v) is 5.03. The minimum Gasteiger partial charge on any atom is -0.454 e. The maximum atomic E-state index is 11.1. The predicted octanol–water partition coefficient (Wildman–Crippen LogP) is 2.86. The molecular formula is C10H15ClO2. The Balaban J connectivity index is 2.67. The summed E-state index contributed by atoms with van der Waals surface area (Å²) in [5, 5.41) is 0.655. The van der Waals surface area contributed by atoms with Crippen LogP contribution in [0.25, 0.3) is 0 Å². The van der Waals surface area contributed by atoms with E-state index < -0.39 is 0 Å². The summed E-state index contributed by atoms with van der Waals surface area (Å²) >= 11 is 5.92. The fourth-order valence-electron chi connectivity index (χ4n) is 1.39. The van der Waals surface area contributed by atoms with Crippen molar-refractivity contribution in [2.24, 2.45) is 5.92 Å². The van der Waals surface area contributed by atoms with Gasteiger partial charge in [-0.25, -0.2) is 4.79 Å². The monoisotopic (exact) mass is 202 g/mol. The summed E-state index contributed by atoms with van der Waals surface area (Å²) in [6, 6.07) is 0. The van der Waals surface area contributed by atoms with Gasteiger partial charge in [-0.15, -0.1) is 0 Å². The number of ether oxygens (including phenoxy) is 1. The quantitative estimate of drug-likeness (QED) is 0.520. The number of carbonyl (C=O) groups excluding carboxylic acids is 1. The van der Waals surface area contributed by atoms with Gasteiger partial charge in [-0.1, -0.05) is 32.4 Å². The fraction of sp³-hybridized carbons (Fsp3) is 0.700. The van der Waals surface area contributed by atoms with Gasteiger partial charge in [0, 0.05) is 5.03 Å². The van der Waals surface area contributed by atoms with Gasteiger partial charge in [0.15, 0.2) is 0 Å². The second-order valence-electron chi connectivity index (χ2n) is 3.70. The molecule has 0 aliphatic carbocycles. The molecule has 0 bridgehead atoms. The Morgan fingerprint density at radius 3 is 2.62 bits per heavy atom. The lowest BCUT2D eigenvalue weighted by Gasteiger charge is -2.31. The topological polar surface area (TPSA) is 26.3 Å². The zero-order valence-electron chi connectivity index (χ0n) is 8.26. The lowest BCUT2D eigenvalue weighted by molar-refractivity contribution is -0.157. The van der Waals surface area contributed by atoms with E-state index >= 15 is 0 Å². The lowest BCUT2D eigenvalue weighted by Crippen LogP contribution is -2.38. The van der Waals surface area contributed by atoms with Crippen molar-refractivity contribution in [3.05, 3.63) is 10.6 Å². The molecule has 1 aliphatic rings. The Labute approximate surface area is 83.9 Å². The van der Waals surface area contributed by atoms with E-state index in [1.807, 2.05) is 6.92 Å². The molecule has 0 radical (unpaired) electrons. The van der Waals surface area contributed by atoms with Crippen LogP contribution in [0.4, 0.5) is 0 Å². The van der Waals surface area contributed by atoms with E-state index in [-0.39, 0.29) is 12.1 Å². The van der Waals surface area contributed by atoms with Crippen LogP contribution in [0.5, 0.6) is 0 Å². The number of hydrogen-bond donors (Lipinski definition) is 0. The predicted molar refractivity (Wildman–Crippen MR) is 52.5 cm³/mol. The van der Waals surface area contributed by atoms with Crippen molar-refractivity contribution in [1.82, 2.24) is 0 Å². The molecule has 1 unspecified atom stereocenters. The van der Waals surface area contributed by atoms with Crippen LogP contribution >= 0.6 is 11.6 Å². The normalized spacial score (nSPS) is 25.6. The summed E-state index contributed by atoms with van der Waals surface area (Å²) in [5.74, 6) is 0.284. The van der Waals surface area contributed by atoms with Crippen LogP contribution < -0.4 is 0 Å². The summed E-state index contributed by atoms with van der Waals surface area (Å²) in [4.78, 5) is 11.1. The highest BCUT2D eigenvalue weighted by molar-refractivity contribution is 6.32. The van der Waals surface area contributed by atoms with Crippen LogP contribution in [0.3, 0.4) is 0 Å². The fourth-order valence-corrected chi connectivity index (χ4v) is 1.59. The largest absolute Gasteiger partial charge is 0.454 e. The summed E-state index contributed by atoms with van der Waals surface area (Å²) in [6.07, 6.45) is 1.53. The maximum absolute atomic E-state index is 11.1. The van der Waals surface area contributed by atoms with Crippen LogP contribution in [0.2, 0.25) is 0 Å². The summed E-state index contributed by atoms with van der Waals surface area (Å²) in [5.41, 5.74) is 0.692. The van der Waals surface area contributed by atoms with Gasteiger partial charge in [0.25, 0.3) is 0 Å². The number of hydrogen-bond acceptors (Lipinski definition) is 2. The van der Waals surface area contributed by atoms with Gasteiger partial charge >= 0.3 is 5.97 Å². The molecule has 1 rings (SSSR count). The molecule has 2 nitrogen and oxygen atoms in total. The number of carbonyl (C=O) groups is 1. The SMILES string of the molecule is CC/C(Cl)=C1/C(=O)OC1CC(C)C. The molecule has 0 N–H and O–H groups in total. The van der Waals surface area contributed by atoms with Crippen molar-refractivity contribution in [1.29, 1.82) is 0 Å².